The van der Waals surface area contributed by atoms with Gasteiger partial charge in [0.1, 0.15) is 6.04 Å². The van der Waals surface area contributed by atoms with E-state index in [1.165, 1.54) is 5.56 Å². The molecule has 0 aliphatic carbocycles. The molecule has 2 heterocycles. The summed E-state index contributed by atoms with van der Waals surface area (Å²) in [5, 5.41) is 2.77. The van der Waals surface area contributed by atoms with Gasteiger partial charge in [-0.3, -0.25) is 9.59 Å². The highest BCUT2D eigenvalue weighted by Crippen LogP contribution is 2.30. The SMILES string of the molecule is CC1Cc2ccccc2N(C(=O)C2CCC(=O)N2)C1. The van der Waals surface area contributed by atoms with E-state index >= 15 is 0 Å². The van der Waals surface area contributed by atoms with Crippen LogP contribution in [0.2, 0.25) is 0 Å². The molecule has 19 heavy (non-hydrogen) atoms. The van der Waals surface area contributed by atoms with Gasteiger partial charge in [-0.2, -0.15) is 0 Å². The van der Waals surface area contributed by atoms with Gasteiger partial charge in [0.25, 0.3) is 0 Å². The zero-order chi connectivity index (χ0) is 13.4. The highest BCUT2D eigenvalue weighted by atomic mass is 16.2. The van der Waals surface area contributed by atoms with Crippen molar-refractivity contribution >= 4 is 17.5 Å². The van der Waals surface area contributed by atoms with E-state index < -0.39 is 0 Å². The van der Waals surface area contributed by atoms with E-state index in [1.807, 2.05) is 23.1 Å². The van der Waals surface area contributed by atoms with Crippen molar-refractivity contribution < 1.29 is 9.59 Å². The van der Waals surface area contributed by atoms with Crippen LogP contribution in [0.5, 0.6) is 0 Å². The molecular formula is C15H18N2O2. The molecule has 0 aromatic heterocycles. The van der Waals surface area contributed by atoms with Crippen LogP contribution in [0.25, 0.3) is 0 Å². The minimum atomic E-state index is -0.342. The number of fused-ring (bicyclic) bond motifs is 1. The molecule has 0 spiro atoms. The Morgan fingerprint density at radius 3 is 2.89 bits per heavy atom. The summed E-state index contributed by atoms with van der Waals surface area (Å²) < 4.78 is 0. The first-order valence-corrected chi connectivity index (χ1v) is 6.84. The summed E-state index contributed by atoms with van der Waals surface area (Å²) in [6.07, 6.45) is 2.09. The second-order valence-corrected chi connectivity index (χ2v) is 5.55. The number of amides is 2. The van der Waals surface area contributed by atoms with Crippen LogP contribution in [0.4, 0.5) is 5.69 Å². The van der Waals surface area contributed by atoms with E-state index in [-0.39, 0.29) is 17.9 Å². The van der Waals surface area contributed by atoms with Gasteiger partial charge in [-0.15, -0.1) is 0 Å². The predicted octanol–water partition coefficient (Wildman–Crippen LogP) is 1.49. The standard InChI is InChI=1S/C15H18N2O2/c1-10-8-11-4-2-3-5-13(11)17(9-10)15(19)12-6-7-14(18)16-12/h2-5,10,12H,6-9H2,1H3,(H,16,18). The molecule has 2 amide bonds. The van der Waals surface area contributed by atoms with Gasteiger partial charge in [-0.05, 0) is 30.4 Å². The molecule has 0 saturated carbocycles. The minimum absolute atomic E-state index is 0.0170. The highest BCUT2D eigenvalue weighted by Gasteiger charge is 2.34. The molecule has 1 N–H and O–H groups in total. The van der Waals surface area contributed by atoms with E-state index in [0.29, 0.717) is 18.8 Å². The van der Waals surface area contributed by atoms with Crippen molar-refractivity contribution in [1.29, 1.82) is 0 Å². The summed E-state index contributed by atoms with van der Waals surface area (Å²) in [7, 11) is 0. The lowest BCUT2D eigenvalue weighted by molar-refractivity contribution is -0.124. The Kier molecular flexibility index (Phi) is 3.01. The summed E-state index contributed by atoms with van der Waals surface area (Å²) >= 11 is 0. The van der Waals surface area contributed by atoms with Crippen LogP contribution in [-0.2, 0) is 16.0 Å². The lowest BCUT2D eigenvalue weighted by Crippen LogP contribution is -2.48. The monoisotopic (exact) mass is 258 g/mol. The van der Waals surface area contributed by atoms with Gasteiger partial charge < -0.3 is 10.2 Å². The average Bonchev–Trinajstić information content (AvgIpc) is 2.83. The third kappa shape index (κ3) is 2.23. The zero-order valence-electron chi connectivity index (χ0n) is 11.1. The molecule has 2 atom stereocenters. The number of para-hydroxylation sites is 1. The molecule has 1 aromatic rings. The van der Waals surface area contributed by atoms with Gasteiger partial charge in [0, 0.05) is 18.7 Å². The van der Waals surface area contributed by atoms with Crippen molar-refractivity contribution in [1.82, 2.24) is 5.32 Å². The van der Waals surface area contributed by atoms with Crippen LogP contribution in [-0.4, -0.2) is 24.4 Å². The van der Waals surface area contributed by atoms with Gasteiger partial charge in [-0.1, -0.05) is 25.1 Å². The molecule has 2 unspecified atom stereocenters. The van der Waals surface area contributed by atoms with E-state index in [4.69, 9.17) is 0 Å². The first kappa shape index (κ1) is 12.2. The fourth-order valence-corrected chi connectivity index (χ4v) is 2.99. The smallest absolute Gasteiger partial charge is 0.249 e. The summed E-state index contributed by atoms with van der Waals surface area (Å²) in [4.78, 5) is 25.7. The summed E-state index contributed by atoms with van der Waals surface area (Å²) in [6, 6.07) is 7.71. The Hall–Kier alpha value is -1.84. The number of carbonyl (C=O) groups is 2. The Balaban J connectivity index is 1.88. The van der Waals surface area contributed by atoms with Crippen LogP contribution in [0.1, 0.15) is 25.3 Å². The van der Waals surface area contributed by atoms with Crippen molar-refractivity contribution in [2.75, 3.05) is 11.4 Å². The first-order chi connectivity index (χ1) is 9.15. The Bertz CT molecular complexity index is 527. The van der Waals surface area contributed by atoms with Crippen LogP contribution < -0.4 is 10.2 Å². The second-order valence-electron chi connectivity index (χ2n) is 5.55. The molecule has 1 aromatic carbocycles. The molecule has 1 fully saturated rings. The number of nitrogens with one attached hydrogen (secondary N) is 1. The number of hydrogen-bond acceptors (Lipinski definition) is 2. The average molecular weight is 258 g/mol. The maximum absolute atomic E-state index is 12.6. The van der Waals surface area contributed by atoms with Crippen LogP contribution in [0.3, 0.4) is 0 Å². The van der Waals surface area contributed by atoms with E-state index in [1.54, 1.807) is 0 Å². The third-order valence-electron chi connectivity index (χ3n) is 3.90. The summed E-state index contributed by atoms with van der Waals surface area (Å²) in [5.74, 6) is 0.470. The predicted molar refractivity (Wildman–Crippen MR) is 72.8 cm³/mol. The molecule has 3 rings (SSSR count). The van der Waals surface area contributed by atoms with Crippen molar-refractivity contribution in [3.8, 4) is 0 Å². The third-order valence-corrected chi connectivity index (χ3v) is 3.90. The van der Waals surface area contributed by atoms with Gasteiger partial charge in [0.05, 0.1) is 0 Å². The Morgan fingerprint density at radius 2 is 2.16 bits per heavy atom. The van der Waals surface area contributed by atoms with Crippen LogP contribution in [0.15, 0.2) is 24.3 Å². The van der Waals surface area contributed by atoms with Gasteiger partial charge >= 0.3 is 0 Å². The number of hydrogen-bond donors (Lipinski definition) is 1. The zero-order valence-corrected chi connectivity index (χ0v) is 11.1. The highest BCUT2D eigenvalue weighted by molar-refractivity contribution is 6.01. The summed E-state index contributed by atoms with van der Waals surface area (Å²) in [6.45, 7) is 2.89. The molecule has 100 valence electrons. The molecule has 4 nitrogen and oxygen atoms in total. The van der Waals surface area contributed by atoms with Gasteiger partial charge in [0.2, 0.25) is 11.8 Å². The van der Waals surface area contributed by atoms with E-state index in [2.05, 4.69) is 18.3 Å². The van der Waals surface area contributed by atoms with Crippen LogP contribution in [0, 0.1) is 5.92 Å². The molecule has 0 bridgehead atoms. The number of anilines is 1. The largest absolute Gasteiger partial charge is 0.344 e. The minimum Gasteiger partial charge on any atom is -0.344 e. The molecule has 2 aliphatic rings. The molecule has 2 aliphatic heterocycles. The maximum Gasteiger partial charge on any atom is 0.249 e. The van der Waals surface area contributed by atoms with Gasteiger partial charge in [-0.25, -0.2) is 0 Å². The van der Waals surface area contributed by atoms with Crippen molar-refractivity contribution in [2.45, 2.75) is 32.2 Å². The Morgan fingerprint density at radius 1 is 1.37 bits per heavy atom. The van der Waals surface area contributed by atoms with E-state index in [9.17, 15) is 9.59 Å². The van der Waals surface area contributed by atoms with Gasteiger partial charge in [0.15, 0.2) is 0 Å². The maximum atomic E-state index is 12.6. The van der Waals surface area contributed by atoms with Crippen molar-refractivity contribution in [2.24, 2.45) is 5.92 Å². The number of benzene rings is 1. The molecule has 0 radical (unpaired) electrons. The van der Waals surface area contributed by atoms with E-state index in [0.717, 1.165) is 18.7 Å². The topological polar surface area (TPSA) is 49.4 Å². The molecular weight excluding hydrogens is 240 g/mol. The van der Waals surface area contributed by atoms with Crippen molar-refractivity contribution in [3.63, 3.8) is 0 Å². The first-order valence-electron chi connectivity index (χ1n) is 6.84. The normalized spacial score (nSPS) is 25.9. The lowest BCUT2D eigenvalue weighted by atomic mass is 9.93. The second kappa shape index (κ2) is 4.68. The number of rotatable bonds is 1. The Labute approximate surface area is 112 Å². The molecule has 1 saturated heterocycles. The van der Waals surface area contributed by atoms with Crippen molar-refractivity contribution in [3.05, 3.63) is 29.8 Å². The summed E-state index contributed by atoms with van der Waals surface area (Å²) in [5.41, 5.74) is 2.23. The quantitative estimate of drug-likeness (QED) is 0.829. The lowest BCUT2D eigenvalue weighted by Gasteiger charge is -2.34. The number of carbonyl (C=O) groups excluding carboxylic acids is 2. The van der Waals surface area contributed by atoms with Crippen LogP contribution >= 0.6 is 0 Å². The molecule has 4 heteroatoms. The fourth-order valence-electron chi connectivity index (χ4n) is 2.99. The fraction of sp³-hybridized carbons (Fsp3) is 0.467. The number of nitrogens with zero attached hydrogens (tertiary/aromatic N) is 1.